The number of thiophene rings is 1. The van der Waals surface area contributed by atoms with Gasteiger partial charge in [-0.25, -0.2) is 0 Å². The molecule has 2 unspecified atom stereocenters. The third kappa shape index (κ3) is 2.36. The Hall–Kier alpha value is -0.380. The Morgan fingerprint density at radius 2 is 2.28 bits per heavy atom. The molecule has 0 bridgehead atoms. The lowest BCUT2D eigenvalue weighted by Crippen LogP contribution is -2.54. The lowest BCUT2D eigenvalue weighted by atomic mass is 10.1. The summed E-state index contributed by atoms with van der Waals surface area (Å²) < 4.78 is 0. The van der Waals surface area contributed by atoms with E-state index in [9.17, 15) is 0 Å². The summed E-state index contributed by atoms with van der Waals surface area (Å²) in [4.78, 5) is 7.00. The maximum Gasteiger partial charge on any atom is 0.0334 e. The number of hydrogen-bond donors (Lipinski definition) is 0. The molecule has 0 radical (unpaired) electrons. The first-order valence-electron chi connectivity index (χ1n) is 7.31. The van der Waals surface area contributed by atoms with Crippen LogP contribution in [0.15, 0.2) is 11.4 Å². The summed E-state index contributed by atoms with van der Waals surface area (Å²) in [6.45, 7) is 9.73. The van der Waals surface area contributed by atoms with E-state index in [4.69, 9.17) is 0 Å². The maximum absolute atomic E-state index is 2.71. The van der Waals surface area contributed by atoms with Crippen molar-refractivity contribution in [3.05, 3.63) is 21.9 Å². The summed E-state index contributed by atoms with van der Waals surface area (Å²) in [6.07, 6.45) is 4.00. The number of fused-ring (bicyclic) bond motifs is 1. The van der Waals surface area contributed by atoms with Gasteiger partial charge in [0.1, 0.15) is 0 Å². The van der Waals surface area contributed by atoms with Crippen LogP contribution in [-0.4, -0.2) is 41.5 Å². The molecule has 3 heteroatoms. The highest BCUT2D eigenvalue weighted by Gasteiger charge is 2.34. The van der Waals surface area contributed by atoms with Crippen molar-refractivity contribution in [1.29, 1.82) is 0 Å². The highest BCUT2D eigenvalue weighted by molar-refractivity contribution is 7.10. The first kappa shape index (κ1) is 12.6. The highest BCUT2D eigenvalue weighted by atomic mass is 32.1. The molecule has 1 aromatic heterocycles. The molecule has 0 N–H and O–H groups in total. The lowest BCUT2D eigenvalue weighted by molar-refractivity contribution is 0.0546. The second-order valence-electron chi connectivity index (χ2n) is 5.79. The predicted octanol–water partition coefficient (Wildman–Crippen LogP) is 2.98. The van der Waals surface area contributed by atoms with E-state index < -0.39 is 0 Å². The van der Waals surface area contributed by atoms with E-state index in [0.717, 1.165) is 6.04 Å². The molecule has 2 fully saturated rings. The van der Waals surface area contributed by atoms with Crippen LogP contribution in [-0.2, 0) is 13.0 Å². The molecule has 2 nitrogen and oxygen atoms in total. The smallest absolute Gasteiger partial charge is 0.0334 e. The summed E-state index contributed by atoms with van der Waals surface area (Å²) in [5, 5.41) is 2.25. The van der Waals surface area contributed by atoms with Crippen molar-refractivity contribution in [2.24, 2.45) is 0 Å². The van der Waals surface area contributed by atoms with Crippen molar-refractivity contribution < 1.29 is 0 Å². The molecule has 2 aliphatic heterocycles. The van der Waals surface area contributed by atoms with Gasteiger partial charge in [-0.05, 0) is 49.7 Å². The fourth-order valence-electron chi connectivity index (χ4n) is 3.47. The first-order valence-corrected chi connectivity index (χ1v) is 8.19. The Labute approximate surface area is 115 Å². The fraction of sp³-hybridized carbons (Fsp3) is 0.733. The van der Waals surface area contributed by atoms with Crippen molar-refractivity contribution >= 4 is 11.3 Å². The molecular formula is C15H24N2S. The summed E-state index contributed by atoms with van der Waals surface area (Å²) in [5.41, 5.74) is 1.56. The van der Waals surface area contributed by atoms with Crippen molar-refractivity contribution in [2.45, 2.75) is 51.7 Å². The quantitative estimate of drug-likeness (QED) is 0.828. The fourth-order valence-corrected chi connectivity index (χ4v) is 4.47. The van der Waals surface area contributed by atoms with Gasteiger partial charge in [0.15, 0.2) is 0 Å². The zero-order valence-electron chi connectivity index (χ0n) is 11.6. The number of aryl methyl sites for hydroxylation is 1. The second kappa shape index (κ2) is 5.32. The zero-order valence-corrected chi connectivity index (χ0v) is 12.4. The molecule has 0 aliphatic carbocycles. The zero-order chi connectivity index (χ0) is 12.5. The standard InChI is InChI=1S/C15H24N2S/c1-3-13-6-8-18-15(13)11-17-10-14-5-4-7-16(14)9-12(17)2/h6,8,12,14H,3-5,7,9-11H2,1-2H3. The number of rotatable bonds is 3. The minimum Gasteiger partial charge on any atom is -0.298 e. The minimum absolute atomic E-state index is 0.714. The van der Waals surface area contributed by atoms with Gasteiger partial charge in [0.2, 0.25) is 0 Å². The molecule has 0 spiro atoms. The molecule has 18 heavy (non-hydrogen) atoms. The summed E-state index contributed by atoms with van der Waals surface area (Å²) in [5.74, 6) is 0. The van der Waals surface area contributed by atoms with Gasteiger partial charge >= 0.3 is 0 Å². The molecular weight excluding hydrogens is 240 g/mol. The number of piperazine rings is 1. The molecule has 1 aromatic rings. The van der Waals surface area contributed by atoms with Crippen molar-refractivity contribution in [3.8, 4) is 0 Å². The molecule has 2 atom stereocenters. The molecule has 3 rings (SSSR count). The normalized spacial score (nSPS) is 29.7. The topological polar surface area (TPSA) is 6.48 Å². The van der Waals surface area contributed by atoms with Crippen molar-refractivity contribution in [3.63, 3.8) is 0 Å². The first-order chi connectivity index (χ1) is 8.78. The SMILES string of the molecule is CCc1ccsc1CN1CC2CCCN2CC1C. The van der Waals surface area contributed by atoms with Crippen LogP contribution in [0.25, 0.3) is 0 Å². The van der Waals surface area contributed by atoms with Gasteiger partial charge in [-0.2, -0.15) is 0 Å². The van der Waals surface area contributed by atoms with Gasteiger partial charge in [-0.3, -0.25) is 9.80 Å². The Kier molecular flexibility index (Phi) is 3.73. The Bertz CT molecular complexity index is 401. The molecule has 100 valence electrons. The van der Waals surface area contributed by atoms with E-state index in [-0.39, 0.29) is 0 Å². The van der Waals surface area contributed by atoms with E-state index in [1.807, 2.05) is 11.3 Å². The van der Waals surface area contributed by atoms with E-state index in [1.54, 1.807) is 10.4 Å². The van der Waals surface area contributed by atoms with E-state index in [2.05, 4.69) is 35.1 Å². The van der Waals surface area contributed by atoms with Crippen LogP contribution >= 0.6 is 11.3 Å². The minimum atomic E-state index is 0.714. The highest BCUT2D eigenvalue weighted by Crippen LogP contribution is 2.27. The molecule has 0 saturated carbocycles. The van der Waals surface area contributed by atoms with Gasteiger partial charge in [-0.1, -0.05) is 6.92 Å². The van der Waals surface area contributed by atoms with Crippen LogP contribution in [0.2, 0.25) is 0 Å². The molecule has 0 amide bonds. The predicted molar refractivity (Wildman–Crippen MR) is 78.2 cm³/mol. The lowest BCUT2D eigenvalue weighted by Gasteiger charge is -2.42. The van der Waals surface area contributed by atoms with E-state index >= 15 is 0 Å². The summed E-state index contributed by atoms with van der Waals surface area (Å²) in [6, 6.07) is 3.86. The van der Waals surface area contributed by atoms with Crippen LogP contribution in [0.3, 0.4) is 0 Å². The Morgan fingerprint density at radius 3 is 3.11 bits per heavy atom. The largest absolute Gasteiger partial charge is 0.298 e. The van der Waals surface area contributed by atoms with Gasteiger partial charge in [0.05, 0.1) is 0 Å². The van der Waals surface area contributed by atoms with Crippen LogP contribution in [0.5, 0.6) is 0 Å². The average molecular weight is 264 g/mol. The summed E-state index contributed by atoms with van der Waals surface area (Å²) in [7, 11) is 0. The van der Waals surface area contributed by atoms with Crippen LogP contribution < -0.4 is 0 Å². The molecule has 3 heterocycles. The van der Waals surface area contributed by atoms with Crippen molar-refractivity contribution in [1.82, 2.24) is 9.80 Å². The average Bonchev–Trinajstić information content (AvgIpc) is 2.98. The maximum atomic E-state index is 2.71. The van der Waals surface area contributed by atoms with Gasteiger partial charge in [0, 0.05) is 36.6 Å². The van der Waals surface area contributed by atoms with Crippen LogP contribution in [0, 0.1) is 0 Å². The summed E-state index contributed by atoms with van der Waals surface area (Å²) >= 11 is 1.94. The molecule has 2 aliphatic rings. The Morgan fingerprint density at radius 1 is 1.39 bits per heavy atom. The number of hydrogen-bond acceptors (Lipinski definition) is 3. The number of nitrogens with zero attached hydrogens (tertiary/aromatic N) is 2. The van der Waals surface area contributed by atoms with Gasteiger partial charge in [-0.15, -0.1) is 11.3 Å². The van der Waals surface area contributed by atoms with Gasteiger partial charge < -0.3 is 0 Å². The van der Waals surface area contributed by atoms with Crippen LogP contribution in [0.1, 0.15) is 37.1 Å². The van der Waals surface area contributed by atoms with Crippen molar-refractivity contribution in [2.75, 3.05) is 19.6 Å². The molecule has 0 aromatic carbocycles. The van der Waals surface area contributed by atoms with Crippen LogP contribution in [0.4, 0.5) is 0 Å². The second-order valence-corrected chi connectivity index (χ2v) is 6.79. The third-order valence-electron chi connectivity index (χ3n) is 4.63. The van der Waals surface area contributed by atoms with E-state index in [1.165, 1.54) is 45.4 Å². The van der Waals surface area contributed by atoms with Gasteiger partial charge in [0.25, 0.3) is 0 Å². The Balaban J connectivity index is 1.68. The van der Waals surface area contributed by atoms with E-state index in [0.29, 0.717) is 6.04 Å². The monoisotopic (exact) mass is 264 g/mol. The third-order valence-corrected chi connectivity index (χ3v) is 5.58. The molecule has 2 saturated heterocycles.